The molecular formula is C14H14N4OS2. The van der Waals surface area contributed by atoms with Crippen molar-refractivity contribution in [3.63, 3.8) is 0 Å². The third kappa shape index (κ3) is 3.08. The van der Waals surface area contributed by atoms with Crippen LogP contribution >= 0.6 is 23.1 Å². The number of benzene rings is 1. The number of nitrogens with one attached hydrogen (secondary N) is 1. The van der Waals surface area contributed by atoms with Crippen molar-refractivity contribution < 1.29 is 4.79 Å². The zero-order valence-electron chi connectivity index (χ0n) is 11.7. The van der Waals surface area contributed by atoms with E-state index in [-0.39, 0.29) is 5.91 Å². The number of aryl methyl sites for hydroxylation is 2. The molecule has 108 valence electrons. The lowest BCUT2D eigenvalue weighted by molar-refractivity contribution is -0.113. The predicted molar refractivity (Wildman–Crippen MR) is 86.9 cm³/mol. The van der Waals surface area contributed by atoms with Crippen LogP contribution in [-0.2, 0) is 11.8 Å². The Morgan fingerprint density at radius 1 is 1.48 bits per heavy atom. The third-order valence-corrected chi connectivity index (χ3v) is 4.97. The van der Waals surface area contributed by atoms with Crippen molar-refractivity contribution in [2.24, 2.45) is 7.05 Å². The van der Waals surface area contributed by atoms with E-state index in [9.17, 15) is 4.79 Å². The lowest BCUT2D eigenvalue weighted by atomic mass is 10.2. The highest BCUT2D eigenvalue weighted by Crippen LogP contribution is 2.28. The van der Waals surface area contributed by atoms with Gasteiger partial charge in [0.05, 0.1) is 16.0 Å². The van der Waals surface area contributed by atoms with Gasteiger partial charge in [-0.3, -0.25) is 4.79 Å². The minimum absolute atomic E-state index is 0.0697. The summed E-state index contributed by atoms with van der Waals surface area (Å²) in [7, 11) is 1.91. The van der Waals surface area contributed by atoms with Gasteiger partial charge in [-0.25, -0.2) is 9.97 Å². The molecule has 0 aliphatic rings. The summed E-state index contributed by atoms with van der Waals surface area (Å²) in [5.41, 5.74) is 2.07. The van der Waals surface area contributed by atoms with E-state index in [0.717, 1.165) is 20.9 Å². The molecule has 2 heterocycles. The Morgan fingerprint density at radius 2 is 2.33 bits per heavy atom. The fraction of sp³-hybridized carbons (Fsp3) is 0.214. The molecule has 0 unspecified atom stereocenters. The molecule has 0 atom stereocenters. The highest BCUT2D eigenvalue weighted by atomic mass is 32.2. The molecule has 0 bridgehead atoms. The van der Waals surface area contributed by atoms with Gasteiger partial charge in [-0.05, 0) is 18.6 Å². The maximum Gasteiger partial charge on any atom is 0.236 e. The van der Waals surface area contributed by atoms with Gasteiger partial charge in [0, 0.05) is 19.4 Å². The normalized spacial score (nSPS) is 11.0. The molecule has 1 N–H and O–H groups in total. The average molecular weight is 318 g/mol. The van der Waals surface area contributed by atoms with E-state index >= 15 is 0 Å². The topological polar surface area (TPSA) is 59.8 Å². The van der Waals surface area contributed by atoms with Gasteiger partial charge in [-0.15, -0.1) is 0 Å². The summed E-state index contributed by atoms with van der Waals surface area (Å²) >= 11 is 2.90. The molecule has 1 amide bonds. The molecule has 0 saturated heterocycles. The Bertz CT molecular complexity index is 793. The molecule has 3 rings (SSSR count). The van der Waals surface area contributed by atoms with Crippen molar-refractivity contribution >= 4 is 44.4 Å². The number of rotatable bonds is 4. The van der Waals surface area contributed by atoms with E-state index in [1.54, 1.807) is 6.20 Å². The van der Waals surface area contributed by atoms with Crippen molar-refractivity contribution in [1.82, 2.24) is 14.5 Å². The van der Waals surface area contributed by atoms with Crippen molar-refractivity contribution in [3.8, 4) is 0 Å². The minimum Gasteiger partial charge on any atom is -0.329 e. The molecule has 2 aromatic heterocycles. The number of thiazole rings is 1. The second-order valence-electron chi connectivity index (χ2n) is 4.60. The van der Waals surface area contributed by atoms with E-state index in [2.05, 4.69) is 15.3 Å². The Balaban J connectivity index is 1.66. The van der Waals surface area contributed by atoms with Gasteiger partial charge < -0.3 is 9.88 Å². The van der Waals surface area contributed by atoms with Crippen molar-refractivity contribution in [2.75, 3.05) is 11.1 Å². The summed E-state index contributed by atoms with van der Waals surface area (Å²) in [5.74, 6) is 0.249. The Morgan fingerprint density at radius 3 is 3.05 bits per heavy atom. The summed E-state index contributed by atoms with van der Waals surface area (Å²) in [6, 6.07) is 6.03. The second-order valence-corrected chi connectivity index (χ2v) is 6.57. The van der Waals surface area contributed by atoms with Crippen LogP contribution in [0.25, 0.3) is 10.2 Å². The van der Waals surface area contributed by atoms with Gasteiger partial charge in [0.2, 0.25) is 5.91 Å². The van der Waals surface area contributed by atoms with Crippen molar-refractivity contribution in [3.05, 3.63) is 36.2 Å². The van der Waals surface area contributed by atoms with Crippen LogP contribution in [0.15, 0.2) is 35.7 Å². The maximum absolute atomic E-state index is 12.0. The lowest BCUT2D eigenvalue weighted by Crippen LogP contribution is -2.14. The SMILES string of the molecule is Cc1cccc2sc(NC(=O)CSc3nccn3C)nc12. The highest BCUT2D eigenvalue weighted by molar-refractivity contribution is 7.99. The highest BCUT2D eigenvalue weighted by Gasteiger charge is 2.10. The molecule has 0 saturated carbocycles. The third-order valence-electron chi connectivity index (χ3n) is 2.98. The zero-order chi connectivity index (χ0) is 14.8. The molecule has 0 fully saturated rings. The van der Waals surface area contributed by atoms with Crippen LogP contribution in [0.4, 0.5) is 5.13 Å². The summed E-state index contributed by atoms with van der Waals surface area (Å²) in [5, 5.41) is 4.32. The van der Waals surface area contributed by atoms with Gasteiger partial charge in [0.1, 0.15) is 0 Å². The number of hydrogen-bond donors (Lipinski definition) is 1. The first-order valence-corrected chi connectivity index (χ1v) is 8.20. The molecule has 7 heteroatoms. The minimum atomic E-state index is -0.0697. The number of carbonyl (C=O) groups excluding carboxylic acids is 1. The monoisotopic (exact) mass is 318 g/mol. The van der Waals surface area contributed by atoms with E-state index in [4.69, 9.17) is 0 Å². The van der Waals surface area contributed by atoms with Crippen molar-refractivity contribution in [2.45, 2.75) is 12.1 Å². The number of carbonyl (C=O) groups is 1. The number of imidazole rings is 1. The molecule has 3 aromatic rings. The van der Waals surface area contributed by atoms with Gasteiger partial charge in [-0.2, -0.15) is 0 Å². The molecular weight excluding hydrogens is 304 g/mol. The fourth-order valence-corrected chi connectivity index (χ4v) is 3.61. The van der Waals surface area contributed by atoms with Crippen LogP contribution in [0.2, 0.25) is 0 Å². The number of anilines is 1. The maximum atomic E-state index is 12.0. The number of para-hydroxylation sites is 1. The molecule has 0 spiro atoms. The molecule has 1 aromatic carbocycles. The number of fused-ring (bicyclic) bond motifs is 1. The van der Waals surface area contributed by atoms with Gasteiger partial charge in [0.25, 0.3) is 0 Å². The van der Waals surface area contributed by atoms with E-state index in [1.807, 2.05) is 42.9 Å². The molecule has 0 aliphatic heterocycles. The molecule has 21 heavy (non-hydrogen) atoms. The van der Waals surface area contributed by atoms with Gasteiger partial charge >= 0.3 is 0 Å². The number of hydrogen-bond acceptors (Lipinski definition) is 5. The van der Waals surface area contributed by atoms with Crippen LogP contribution in [0.3, 0.4) is 0 Å². The quantitative estimate of drug-likeness (QED) is 0.751. The number of aromatic nitrogens is 3. The van der Waals surface area contributed by atoms with Crippen LogP contribution < -0.4 is 5.32 Å². The lowest BCUT2D eigenvalue weighted by Gasteiger charge is -2.01. The van der Waals surface area contributed by atoms with Gasteiger partial charge in [-0.1, -0.05) is 35.2 Å². The predicted octanol–water partition coefficient (Wildman–Crippen LogP) is 3.07. The van der Waals surface area contributed by atoms with Crippen LogP contribution in [-0.4, -0.2) is 26.2 Å². The number of nitrogens with zero attached hydrogens (tertiary/aromatic N) is 3. The first-order valence-electron chi connectivity index (χ1n) is 6.39. The van der Waals surface area contributed by atoms with Crippen LogP contribution in [0, 0.1) is 6.92 Å². The van der Waals surface area contributed by atoms with Crippen LogP contribution in [0.1, 0.15) is 5.56 Å². The largest absolute Gasteiger partial charge is 0.329 e. The zero-order valence-corrected chi connectivity index (χ0v) is 13.3. The van der Waals surface area contributed by atoms with E-state index < -0.39 is 0 Å². The van der Waals surface area contributed by atoms with Gasteiger partial charge in [0.15, 0.2) is 10.3 Å². The first-order chi connectivity index (χ1) is 10.1. The summed E-state index contributed by atoms with van der Waals surface area (Å²) in [6.45, 7) is 2.02. The summed E-state index contributed by atoms with van der Waals surface area (Å²) in [6.07, 6.45) is 3.58. The second kappa shape index (κ2) is 5.87. The number of amides is 1. The fourth-order valence-electron chi connectivity index (χ4n) is 1.92. The molecule has 0 radical (unpaired) electrons. The standard InChI is InChI=1S/C14H14N4OS2/c1-9-4-3-5-10-12(9)17-13(21-10)16-11(19)8-20-14-15-6-7-18(14)2/h3-7H,8H2,1-2H3,(H,16,17,19). The molecule has 0 aliphatic carbocycles. The Kier molecular flexibility index (Phi) is 3.94. The Labute approximate surface area is 130 Å². The smallest absolute Gasteiger partial charge is 0.236 e. The van der Waals surface area contributed by atoms with E-state index in [0.29, 0.717) is 10.9 Å². The van der Waals surface area contributed by atoms with Crippen LogP contribution in [0.5, 0.6) is 0 Å². The van der Waals surface area contributed by atoms with E-state index in [1.165, 1.54) is 23.1 Å². The van der Waals surface area contributed by atoms with Crippen molar-refractivity contribution in [1.29, 1.82) is 0 Å². The number of thioether (sulfide) groups is 1. The first kappa shape index (κ1) is 14.1. The Hall–Kier alpha value is -1.86. The summed E-state index contributed by atoms with van der Waals surface area (Å²) in [4.78, 5) is 20.6. The molecule has 5 nitrogen and oxygen atoms in total. The average Bonchev–Trinajstić information content (AvgIpc) is 3.03. The summed E-state index contributed by atoms with van der Waals surface area (Å²) < 4.78 is 2.97.